The Balaban J connectivity index is 0.00000385. The molecule has 4 N–H and O–H groups in total. The van der Waals surface area contributed by atoms with Crippen molar-refractivity contribution in [2.24, 2.45) is 16.6 Å². The van der Waals surface area contributed by atoms with E-state index in [0.717, 1.165) is 30.8 Å². The largest absolute Gasteiger partial charge is 0.489 e. The average Bonchev–Trinajstić information content (AvgIpc) is 2.81. The number of ether oxygens (including phenoxy) is 1. The highest BCUT2D eigenvalue weighted by molar-refractivity contribution is 14.0. The van der Waals surface area contributed by atoms with E-state index in [1.165, 1.54) is 12.1 Å². The Labute approximate surface area is 211 Å². The fraction of sp³-hybridized carbons (Fsp3) is 0.435. The first-order valence-corrected chi connectivity index (χ1v) is 10.8. The normalized spacial score (nSPS) is 17.0. The SMILES string of the molecule is CN=C(NCc1cccnc1N1CCCC(C(N)=O)C1)NCC(C)Oc1ccc(F)cc1.I. The molecule has 1 aliphatic heterocycles. The third-order valence-corrected chi connectivity index (χ3v) is 5.37. The molecule has 0 spiro atoms. The van der Waals surface area contributed by atoms with E-state index >= 15 is 0 Å². The van der Waals surface area contributed by atoms with Gasteiger partial charge in [0.1, 0.15) is 23.5 Å². The molecule has 2 atom stereocenters. The molecule has 2 unspecified atom stereocenters. The molecule has 0 bridgehead atoms. The van der Waals surface area contributed by atoms with Gasteiger partial charge in [-0.3, -0.25) is 9.79 Å². The molecule has 1 aromatic heterocycles. The van der Waals surface area contributed by atoms with Crippen molar-refractivity contribution < 1.29 is 13.9 Å². The highest BCUT2D eigenvalue weighted by atomic mass is 127. The van der Waals surface area contributed by atoms with E-state index in [9.17, 15) is 9.18 Å². The lowest BCUT2D eigenvalue weighted by Gasteiger charge is -2.33. The number of nitrogens with zero attached hydrogens (tertiary/aromatic N) is 3. The molecular weight excluding hydrogens is 538 g/mol. The molecule has 33 heavy (non-hydrogen) atoms. The summed E-state index contributed by atoms with van der Waals surface area (Å²) in [6.45, 7) is 4.40. The minimum atomic E-state index is -0.294. The van der Waals surface area contributed by atoms with Crippen LogP contribution in [0.5, 0.6) is 5.75 Å². The van der Waals surface area contributed by atoms with Crippen molar-refractivity contribution in [2.75, 3.05) is 31.6 Å². The summed E-state index contributed by atoms with van der Waals surface area (Å²) in [5.41, 5.74) is 6.54. The number of hydrogen-bond donors (Lipinski definition) is 3. The molecule has 1 aromatic carbocycles. The van der Waals surface area contributed by atoms with E-state index in [2.05, 4.69) is 25.5 Å². The topological polar surface area (TPSA) is 105 Å². The number of primary amides is 1. The van der Waals surface area contributed by atoms with Gasteiger partial charge < -0.3 is 26.0 Å². The molecular formula is C23H32FIN6O2. The summed E-state index contributed by atoms with van der Waals surface area (Å²) < 4.78 is 18.8. The Morgan fingerprint density at radius 2 is 2.09 bits per heavy atom. The van der Waals surface area contributed by atoms with E-state index in [1.807, 2.05) is 19.1 Å². The number of amides is 1. The van der Waals surface area contributed by atoms with Gasteiger partial charge in [-0.15, -0.1) is 24.0 Å². The summed E-state index contributed by atoms with van der Waals surface area (Å²) in [6.07, 6.45) is 3.34. The number of hydrogen-bond acceptors (Lipinski definition) is 5. The number of aromatic nitrogens is 1. The van der Waals surface area contributed by atoms with Gasteiger partial charge in [0, 0.05) is 38.4 Å². The zero-order valence-electron chi connectivity index (χ0n) is 19.0. The van der Waals surface area contributed by atoms with E-state index < -0.39 is 0 Å². The van der Waals surface area contributed by atoms with Gasteiger partial charge in [-0.2, -0.15) is 0 Å². The zero-order valence-corrected chi connectivity index (χ0v) is 21.3. The molecule has 2 aromatic rings. The van der Waals surface area contributed by atoms with Crippen LogP contribution in [0, 0.1) is 11.7 Å². The highest BCUT2D eigenvalue weighted by Gasteiger charge is 2.26. The second kappa shape index (κ2) is 13.2. The van der Waals surface area contributed by atoms with Crippen LogP contribution < -0.4 is 26.0 Å². The molecule has 1 aliphatic rings. The van der Waals surface area contributed by atoms with Crippen molar-refractivity contribution in [3.05, 3.63) is 54.0 Å². The standard InChI is InChI=1S/C23H31FN6O2.HI/c1-16(32-20-9-7-19(24)8-10-20)13-28-23(26-2)29-14-17-5-3-11-27-22(17)30-12-4-6-18(15-30)21(25)31;/h3,5,7-11,16,18H,4,6,12-15H2,1-2H3,(H2,25,31)(H2,26,28,29);1H. The number of benzene rings is 1. The van der Waals surface area contributed by atoms with E-state index in [0.29, 0.717) is 31.3 Å². The average molecular weight is 570 g/mol. The maximum atomic E-state index is 13.0. The number of carbonyl (C=O) groups excluding carboxylic acids is 1. The maximum absolute atomic E-state index is 13.0. The first-order valence-electron chi connectivity index (χ1n) is 10.8. The number of halogens is 2. The Kier molecular flexibility index (Phi) is 10.6. The first-order chi connectivity index (χ1) is 15.5. The Morgan fingerprint density at radius 3 is 2.79 bits per heavy atom. The van der Waals surface area contributed by atoms with Crippen LogP contribution in [0.3, 0.4) is 0 Å². The Morgan fingerprint density at radius 1 is 1.33 bits per heavy atom. The number of nitrogens with one attached hydrogen (secondary N) is 2. The van der Waals surface area contributed by atoms with Crippen LogP contribution in [0.15, 0.2) is 47.6 Å². The fourth-order valence-corrected chi connectivity index (χ4v) is 3.68. The van der Waals surface area contributed by atoms with Crippen molar-refractivity contribution >= 4 is 41.7 Å². The second-order valence-electron chi connectivity index (χ2n) is 7.86. The maximum Gasteiger partial charge on any atom is 0.222 e. The molecule has 10 heteroatoms. The number of guanidine groups is 1. The van der Waals surface area contributed by atoms with Gasteiger partial charge >= 0.3 is 0 Å². The summed E-state index contributed by atoms with van der Waals surface area (Å²) in [5, 5.41) is 6.54. The molecule has 3 rings (SSSR count). The van der Waals surface area contributed by atoms with Crippen molar-refractivity contribution in [2.45, 2.75) is 32.4 Å². The van der Waals surface area contributed by atoms with Crippen LogP contribution in [0.2, 0.25) is 0 Å². The fourth-order valence-electron chi connectivity index (χ4n) is 3.68. The van der Waals surface area contributed by atoms with Crippen LogP contribution in [0.4, 0.5) is 10.2 Å². The van der Waals surface area contributed by atoms with Gasteiger partial charge in [0.05, 0.1) is 12.5 Å². The molecule has 2 heterocycles. The van der Waals surface area contributed by atoms with Crippen molar-refractivity contribution in [1.29, 1.82) is 0 Å². The van der Waals surface area contributed by atoms with E-state index in [-0.39, 0.29) is 47.7 Å². The lowest BCUT2D eigenvalue weighted by atomic mass is 9.97. The van der Waals surface area contributed by atoms with Gasteiger partial charge in [0.15, 0.2) is 5.96 Å². The minimum absolute atomic E-state index is 0. The predicted octanol–water partition coefficient (Wildman–Crippen LogP) is 2.67. The molecule has 1 saturated heterocycles. The van der Waals surface area contributed by atoms with Crippen LogP contribution in [0.25, 0.3) is 0 Å². The lowest BCUT2D eigenvalue weighted by Crippen LogP contribution is -2.43. The third-order valence-electron chi connectivity index (χ3n) is 5.37. The minimum Gasteiger partial charge on any atom is -0.489 e. The van der Waals surface area contributed by atoms with Crippen LogP contribution >= 0.6 is 24.0 Å². The monoisotopic (exact) mass is 570 g/mol. The van der Waals surface area contributed by atoms with Gasteiger partial charge in [0.2, 0.25) is 5.91 Å². The first kappa shape index (κ1) is 26.6. The molecule has 0 radical (unpaired) electrons. The predicted molar refractivity (Wildman–Crippen MR) is 138 cm³/mol. The molecule has 1 amide bonds. The number of pyridine rings is 1. The van der Waals surface area contributed by atoms with Crippen molar-refractivity contribution in [3.8, 4) is 5.75 Å². The molecule has 0 aliphatic carbocycles. The summed E-state index contributed by atoms with van der Waals surface area (Å²) in [5.74, 6) is 1.39. The van der Waals surface area contributed by atoms with Crippen molar-refractivity contribution in [1.82, 2.24) is 15.6 Å². The number of piperidine rings is 1. The summed E-state index contributed by atoms with van der Waals surface area (Å²) in [6, 6.07) is 9.85. The summed E-state index contributed by atoms with van der Waals surface area (Å²) in [4.78, 5) is 22.6. The summed E-state index contributed by atoms with van der Waals surface area (Å²) in [7, 11) is 1.70. The molecule has 1 fully saturated rings. The number of nitrogens with two attached hydrogens (primary N) is 1. The number of rotatable bonds is 8. The van der Waals surface area contributed by atoms with Gasteiger partial charge in [-0.25, -0.2) is 9.37 Å². The molecule has 0 saturated carbocycles. The number of aliphatic imine (C=N–C) groups is 1. The second-order valence-corrected chi connectivity index (χ2v) is 7.86. The lowest BCUT2D eigenvalue weighted by molar-refractivity contribution is -0.122. The smallest absolute Gasteiger partial charge is 0.222 e. The summed E-state index contributed by atoms with van der Waals surface area (Å²) >= 11 is 0. The van der Waals surface area contributed by atoms with E-state index in [1.54, 1.807) is 25.4 Å². The number of anilines is 1. The number of carbonyl (C=O) groups is 1. The molecule has 8 nitrogen and oxygen atoms in total. The zero-order chi connectivity index (χ0) is 22.9. The quantitative estimate of drug-likeness (QED) is 0.256. The van der Waals surface area contributed by atoms with Crippen molar-refractivity contribution in [3.63, 3.8) is 0 Å². The van der Waals surface area contributed by atoms with Gasteiger partial charge in [-0.1, -0.05) is 6.07 Å². The highest BCUT2D eigenvalue weighted by Crippen LogP contribution is 2.24. The van der Waals surface area contributed by atoms with Crippen LogP contribution in [-0.2, 0) is 11.3 Å². The van der Waals surface area contributed by atoms with Crippen LogP contribution in [0.1, 0.15) is 25.3 Å². The van der Waals surface area contributed by atoms with Gasteiger partial charge in [0.25, 0.3) is 0 Å². The third kappa shape index (κ3) is 8.02. The Hall–Kier alpha value is -2.63. The van der Waals surface area contributed by atoms with E-state index in [4.69, 9.17) is 10.5 Å². The van der Waals surface area contributed by atoms with Gasteiger partial charge in [-0.05, 0) is 50.1 Å². The molecule has 180 valence electrons. The Bertz CT molecular complexity index is 927. The van der Waals surface area contributed by atoms with Crippen LogP contribution in [-0.4, -0.2) is 49.6 Å².